The largest absolute Gasteiger partial charge is 0.493 e. The van der Waals surface area contributed by atoms with E-state index in [1.165, 1.54) is 26.4 Å². The Bertz CT molecular complexity index is 900. The molecule has 0 saturated heterocycles. The van der Waals surface area contributed by atoms with Crippen molar-refractivity contribution in [1.29, 1.82) is 0 Å². The minimum Gasteiger partial charge on any atom is -0.493 e. The number of benzene rings is 2. The Labute approximate surface area is 149 Å². The van der Waals surface area contributed by atoms with Gasteiger partial charge in [0.2, 0.25) is 10.0 Å². The first-order chi connectivity index (χ1) is 12.3. The van der Waals surface area contributed by atoms with Gasteiger partial charge in [-0.15, -0.1) is 0 Å². The summed E-state index contributed by atoms with van der Waals surface area (Å²) in [6.45, 7) is -0.0873. The summed E-state index contributed by atoms with van der Waals surface area (Å²) in [4.78, 5) is 10.6. The van der Waals surface area contributed by atoms with Gasteiger partial charge in [0.1, 0.15) is 5.82 Å². The smallest absolute Gasteiger partial charge is 0.276 e. The van der Waals surface area contributed by atoms with Gasteiger partial charge in [-0.25, -0.2) is 17.5 Å². The molecule has 0 aliphatic carbocycles. The zero-order valence-electron chi connectivity index (χ0n) is 14.1. The molecular formula is C16H17FN2O6S. The fourth-order valence-electron chi connectivity index (χ4n) is 2.30. The lowest BCUT2D eigenvalue weighted by Crippen LogP contribution is -2.26. The first kappa shape index (κ1) is 19.6. The minimum atomic E-state index is -3.85. The van der Waals surface area contributed by atoms with E-state index in [2.05, 4.69) is 4.72 Å². The van der Waals surface area contributed by atoms with Crippen LogP contribution < -0.4 is 14.2 Å². The lowest BCUT2D eigenvalue weighted by Gasteiger charge is -2.11. The Balaban J connectivity index is 2.18. The first-order valence-corrected chi connectivity index (χ1v) is 8.91. The summed E-state index contributed by atoms with van der Waals surface area (Å²) in [6, 6.07) is 7.00. The number of methoxy groups -OCH3 is 2. The molecule has 0 bridgehead atoms. The lowest BCUT2D eigenvalue weighted by atomic mass is 10.1. The van der Waals surface area contributed by atoms with Crippen LogP contribution in [0.4, 0.5) is 10.1 Å². The number of ether oxygens (including phenoxy) is 2. The summed E-state index contributed by atoms with van der Waals surface area (Å²) in [6.07, 6.45) is 0.0527. The number of nitro groups is 1. The van der Waals surface area contributed by atoms with Gasteiger partial charge in [-0.05, 0) is 36.8 Å². The van der Waals surface area contributed by atoms with E-state index in [-0.39, 0.29) is 34.9 Å². The van der Waals surface area contributed by atoms with Crippen LogP contribution in [0.1, 0.15) is 5.56 Å². The number of rotatable bonds is 8. The van der Waals surface area contributed by atoms with Crippen LogP contribution in [0, 0.1) is 15.9 Å². The third-order valence-electron chi connectivity index (χ3n) is 3.59. The number of hydrogen-bond acceptors (Lipinski definition) is 6. The molecule has 0 atom stereocenters. The Morgan fingerprint density at radius 2 is 1.69 bits per heavy atom. The molecular weight excluding hydrogens is 367 g/mol. The Morgan fingerprint density at radius 3 is 2.23 bits per heavy atom. The first-order valence-electron chi connectivity index (χ1n) is 7.43. The van der Waals surface area contributed by atoms with Crippen LogP contribution in [-0.2, 0) is 16.4 Å². The van der Waals surface area contributed by atoms with Crippen LogP contribution in [0.5, 0.6) is 11.5 Å². The third-order valence-corrected chi connectivity index (χ3v) is 5.07. The van der Waals surface area contributed by atoms with E-state index in [4.69, 9.17) is 9.47 Å². The van der Waals surface area contributed by atoms with E-state index in [1.807, 2.05) is 0 Å². The molecule has 140 valence electrons. The molecule has 2 aromatic carbocycles. The Kier molecular flexibility index (Phi) is 6.11. The molecule has 2 aromatic rings. The van der Waals surface area contributed by atoms with Gasteiger partial charge in [-0.3, -0.25) is 10.1 Å². The van der Waals surface area contributed by atoms with Crippen LogP contribution in [-0.4, -0.2) is 34.1 Å². The van der Waals surface area contributed by atoms with Crippen LogP contribution in [0.25, 0.3) is 0 Å². The summed E-state index contributed by atoms with van der Waals surface area (Å²) < 4.78 is 49.7. The van der Waals surface area contributed by atoms with Crippen molar-refractivity contribution in [1.82, 2.24) is 4.72 Å². The molecule has 0 fully saturated rings. The molecule has 2 rings (SSSR count). The van der Waals surface area contributed by atoms with E-state index in [9.17, 15) is 22.9 Å². The fraction of sp³-hybridized carbons (Fsp3) is 0.250. The van der Waals surface area contributed by atoms with Crippen LogP contribution in [0.15, 0.2) is 41.3 Å². The lowest BCUT2D eigenvalue weighted by molar-refractivity contribution is -0.385. The highest BCUT2D eigenvalue weighted by atomic mass is 32.2. The predicted molar refractivity (Wildman–Crippen MR) is 91.5 cm³/mol. The summed E-state index contributed by atoms with van der Waals surface area (Å²) in [5.74, 6) is -0.0470. The molecule has 0 aliphatic rings. The van der Waals surface area contributed by atoms with Crippen LogP contribution >= 0.6 is 0 Å². The van der Waals surface area contributed by atoms with E-state index in [1.54, 1.807) is 0 Å². The van der Waals surface area contributed by atoms with E-state index in [0.717, 1.165) is 24.3 Å². The third kappa shape index (κ3) is 4.46. The molecule has 0 amide bonds. The molecule has 1 N–H and O–H groups in total. The Hall–Kier alpha value is -2.72. The van der Waals surface area contributed by atoms with E-state index >= 15 is 0 Å². The number of nitrogens with zero attached hydrogens (tertiary/aromatic N) is 1. The monoisotopic (exact) mass is 384 g/mol. The highest BCUT2D eigenvalue weighted by Crippen LogP contribution is 2.34. The van der Waals surface area contributed by atoms with Gasteiger partial charge >= 0.3 is 0 Å². The quantitative estimate of drug-likeness (QED) is 0.553. The molecule has 0 radical (unpaired) electrons. The van der Waals surface area contributed by atoms with Gasteiger partial charge in [0.15, 0.2) is 11.5 Å². The number of halogens is 1. The van der Waals surface area contributed by atoms with E-state index in [0.29, 0.717) is 5.75 Å². The molecule has 26 heavy (non-hydrogen) atoms. The van der Waals surface area contributed by atoms with E-state index < -0.39 is 20.8 Å². The van der Waals surface area contributed by atoms with Crippen molar-refractivity contribution in [2.24, 2.45) is 0 Å². The number of hydrogen-bond donors (Lipinski definition) is 1. The van der Waals surface area contributed by atoms with Crippen LogP contribution in [0.2, 0.25) is 0 Å². The van der Waals surface area contributed by atoms with Crippen LogP contribution in [0.3, 0.4) is 0 Å². The van der Waals surface area contributed by atoms with Gasteiger partial charge in [-0.1, -0.05) is 0 Å². The second kappa shape index (κ2) is 8.11. The predicted octanol–water partition coefficient (Wildman–Crippen LogP) is 2.27. The second-order valence-corrected chi connectivity index (χ2v) is 6.96. The molecule has 0 unspecified atom stereocenters. The van der Waals surface area contributed by atoms with Crippen molar-refractivity contribution < 1.29 is 27.2 Å². The SMILES string of the molecule is COc1cc(CCNS(=O)(=O)c2ccc(F)cc2)c([N+](=O)[O-])cc1OC. The molecule has 0 aliphatic heterocycles. The van der Waals surface area contributed by atoms with Crippen molar-refractivity contribution >= 4 is 15.7 Å². The van der Waals surface area contributed by atoms with Gasteiger partial charge in [0, 0.05) is 12.1 Å². The maximum atomic E-state index is 12.9. The number of sulfonamides is 1. The maximum absolute atomic E-state index is 12.9. The van der Waals surface area contributed by atoms with Crippen molar-refractivity contribution in [3.05, 3.63) is 57.9 Å². The number of nitro benzene ring substituents is 1. The van der Waals surface area contributed by atoms with Crippen molar-refractivity contribution in [2.75, 3.05) is 20.8 Å². The average Bonchev–Trinajstić information content (AvgIpc) is 2.61. The standard InChI is InChI=1S/C16H17FN2O6S/c1-24-15-9-11(14(19(20)21)10-16(15)25-2)7-8-18-26(22,23)13-5-3-12(17)4-6-13/h3-6,9-10,18H,7-8H2,1-2H3. The van der Waals surface area contributed by atoms with Crippen molar-refractivity contribution in [2.45, 2.75) is 11.3 Å². The number of nitrogens with one attached hydrogen (secondary N) is 1. The zero-order valence-corrected chi connectivity index (χ0v) is 14.9. The summed E-state index contributed by atoms with van der Waals surface area (Å²) >= 11 is 0. The molecule has 10 heteroatoms. The molecule has 0 spiro atoms. The zero-order chi connectivity index (χ0) is 19.3. The van der Waals surface area contributed by atoms with Gasteiger partial charge in [-0.2, -0.15) is 0 Å². The summed E-state index contributed by atoms with van der Waals surface area (Å²) in [7, 11) is -1.10. The molecule has 0 saturated carbocycles. The highest BCUT2D eigenvalue weighted by molar-refractivity contribution is 7.89. The van der Waals surface area contributed by atoms with Gasteiger partial charge < -0.3 is 9.47 Å². The topological polar surface area (TPSA) is 108 Å². The molecule has 0 heterocycles. The van der Waals surface area contributed by atoms with Crippen molar-refractivity contribution in [3.8, 4) is 11.5 Å². The maximum Gasteiger partial charge on any atom is 0.276 e. The summed E-state index contributed by atoms with van der Waals surface area (Å²) in [5, 5.41) is 11.2. The van der Waals surface area contributed by atoms with Crippen molar-refractivity contribution in [3.63, 3.8) is 0 Å². The minimum absolute atomic E-state index is 0.0527. The summed E-state index contributed by atoms with van der Waals surface area (Å²) in [5.41, 5.74) is 0.0816. The Morgan fingerprint density at radius 1 is 1.12 bits per heavy atom. The normalized spacial score (nSPS) is 11.2. The highest BCUT2D eigenvalue weighted by Gasteiger charge is 2.20. The van der Waals surface area contributed by atoms with Gasteiger partial charge in [0.05, 0.1) is 30.1 Å². The fourth-order valence-corrected chi connectivity index (χ4v) is 3.33. The molecule has 0 aromatic heterocycles. The second-order valence-electron chi connectivity index (χ2n) is 5.19. The molecule has 8 nitrogen and oxygen atoms in total. The van der Waals surface area contributed by atoms with Gasteiger partial charge in [0.25, 0.3) is 5.69 Å². The average molecular weight is 384 g/mol.